The maximum Gasteiger partial charge on any atom is 0.114 e. The summed E-state index contributed by atoms with van der Waals surface area (Å²) in [6.07, 6.45) is 5.44. The molecule has 4 aliphatic rings. The quantitative estimate of drug-likeness (QED) is 0.403. The summed E-state index contributed by atoms with van der Waals surface area (Å²) in [4.78, 5) is 0. The van der Waals surface area contributed by atoms with E-state index in [1.165, 1.54) is 0 Å². The Hall–Kier alpha value is -0.650. The van der Waals surface area contributed by atoms with Crippen molar-refractivity contribution in [1.29, 1.82) is 0 Å². The van der Waals surface area contributed by atoms with Gasteiger partial charge in [-0.1, -0.05) is 19.0 Å². The van der Waals surface area contributed by atoms with Crippen LogP contribution in [0.3, 0.4) is 0 Å². The molecule has 0 unspecified atom stereocenters. The lowest BCUT2D eigenvalue weighted by Crippen LogP contribution is -2.67. The Labute approximate surface area is 143 Å². The van der Waals surface area contributed by atoms with Crippen molar-refractivity contribution in [2.24, 2.45) is 33.7 Å². The predicted molar refractivity (Wildman–Crippen MR) is 89.8 cm³/mol. The predicted octanol–water partition coefficient (Wildman–Crippen LogP) is 2.31. The number of hydrogen-bond donors (Lipinski definition) is 4. The Kier molecular flexibility index (Phi) is 3.63. The van der Waals surface area contributed by atoms with Crippen LogP contribution in [0.4, 0.5) is 0 Å². The van der Waals surface area contributed by atoms with Gasteiger partial charge in [0.25, 0.3) is 0 Å². The first-order chi connectivity index (χ1) is 11.3. The van der Waals surface area contributed by atoms with Gasteiger partial charge in [-0.05, 0) is 68.1 Å². The second-order valence-corrected chi connectivity index (χ2v) is 9.44. The van der Waals surface area contributed by atoms with Crippen LogP contribution in [-0.4, -0.2) is 44.0 Å². The average molecular weight is 337 g/mol. The van der Waals surface area contributed by atoms with Crippen LogP contribution in [0, 0.1) is 28.6 Å². The van der Waals surface area contributed by atoms with Gasteiger partial charge in [-0.2, -0.15) is 0 Å². The highest BCUT2D eigenvalue weighted by atomic mass is 16.4. The minimum atomic E-state index is -1.20. The third-order valence-corrected chi connectivity index (χ3v) is 8.71. The van der Waals surface area contributed by atoms with Crippen LogP contribution >= 0.6 is 0 Å². The first-order valence-corrected chi connectivity index (χ1v) is 9.56. The van der Waals surface area contributed by atoms with E-state index in [1.807, 2.05) is 0 Å². The molecule has 0 aliphatic heterocycles. The molecule has 0 bridgehead atoms. The zero-order chi connectivity index (χ0) is 17.3. The van der Waals surface area contributed by atoms with Gasteiger partial charge in [-0.3, -0.25) is 0 Å². The number of hydrogen-bond acceptors (Lipinski definition) is 5. The molecule has 24 heavy (non-hydrogen) atoms. The highest BCUT2D eigenvalue weighted by molar-refractivity contribution is 5.94. The highest BCUT2D eigenvalue weighted by Gasteiger charge is 2.66. The maximum atomic E-state index is 11.5. The minimum Gasteiger partial charge on any atom is -0.411 e. The Morgan fingerprint density at radius 1 is 1.00 bits per heavy atom. The summed E-state index contributed by atoms with van der Waals surface area (Å²) in [7, 11) is 0. The minimum absolute atomic E-state index is 0.0400. The van der Waals surface area contributed by atoms with Crippen molar-refractivity contribution in [3.63, 3.8) is 0 Å². The molecule has 136 valence electrons. The van der Waals surface area contributed by atoms with Gasteiger partial charge in [0.1, 0.15) is 5.60 Å². The van der Waals surface area contributed by atoms with E-state index in [2.05, 4.69) is 19.0 Å². The van der Waals surface area contributed by atoms with Crippen molar-refractivity contribution >= 4 is 5.71 Å². The second-order valence-electron chi connectivity index (χ2n) is 9.44. The summed E-state index contributed by atoms with van der Waals surface area (Å²) in [6, 6.07) is 0. The van der Waals surface area contributed by atoms with E-state index in [1.54, 1.807) is 0 Å². The summed E-state index contributed by atoms with van der Waals surface area (Å²) < 4.78 is 0. The van der Waals surface area contributed by atoms with E-state index in [0.717, 1.165) is 32.1 Å². The molecule has 5 heteroatoms. The lowest BCUT2D eigenvalue weighted by atomic mass is 9.43. The largest absolute Gasteiger partial charge is 0.411 e. The van der Waals surface area contributed by atoms with Gasteiger partial charge >= 0.3 is 0 Å². The van der Waals surface area contributed by atoms with E-state index in [9.17, 15) is 20.5 Å². The fraction of sp³-hybridized carbons (Fsp3) is 0.947. The Morgan fingerprint density at radius 3 is 2.46 bits per heavy atom. The van der Waals surface area contributed by atoms with E-state index < -0.39 is 11.7 Å². The zero-order valence-electron chi connectivity index (χ0n) is 14.8. The molecule has 8 atom stereocenters. The monoisotopic (exact) mass is 337 g/mol. The van der Waals surface area contributed by atoms with Gasteiger partial charge in [0.2, 0.25) is 0 Å². The van der Waals surface area contributed by atoms with Crippen molar-refractivity contribution in [2.75, 3.05) is 0 Å². The van der Waals surface area contributed by atoms with Crippen molar-refractivity contribution in [1.82, 2.24) is 0 Å². The summed E-state index contributed by atoms with van der Waals surface area (Å²) in [5.41, 5.74) is -1.14. The zero-order valence-corrected chi connectivity index (χ0v) is 14.8. The van der Waals surface area contributed by atoms with Crippen LogP contribution in [0.5, 0.6) is 0 Å². The molecule has 0 amide bonds. The number of fused-ring (bicyclic) bond motifs is 5. The van der Waals surface area contributed by atoms with Crippen LogP contribution in [0.1, 0.15) is 65.2 Å². The third kappa shape index (κ3) is 1.89. The number of rotatable bonds is 0. The molecule has 0 spiro atoms. The lowest BCUT2D eigenvalue weighted by molar-refractivity contribution is -0.172. The highest BCUT2D eigenvalue weighted by Crippen LogP contribution is 2.66. The normalized spacial score (nSPS) is 58.9. The number of aliphatic hydroxyl groups excluding tert-OH is 2. The topological polar surface area (TPSA) is 93.3 Å². The van der Waals surface area contributed by atoms with Crippen molar-refractivity contribution in [2.45, 2.75) is 83.0 Å². The van der Waals surface area contributed by atoms with Crippen LogP contribution in [-0.2, 0) is 0 Å². The maximum absolute atomic E-state index is 11.5. The van der Waals surface area contributed by atoms with Crippen molar-refractivity contribution in [3.8, 4) is 0 Å². The molecule has 5 nitrogen and oxygen atoms in total. The van der Waals surface area contributed by atoms with Gasteiger partial charge < -0.3 is 20.5 Å². The van der Waals surface area contributed by atoms with E-state index >= 15 is 0 Å². The standard InChI is InChI=1S/C19H31NO4/c1-17-7-6-14-12(13(17)3-4-16(17)22)9-15(20-24)19(23)10-11(21)5-8-18(14,19)2/h11-14,16,21-24H,3-10H2,1-2H3/b20-15+/t11-,12-,13-,14-,16-,17-,18+,19-/m0/s1. The molecule has 4 rings (SSSR count). The van der Waals surface area contributed by atoms with Crippen molar-refractivity contribution < 1.29 is 20.5 Å². The molecule has 0 heterocycles. The van der Waals surface area contributed by atoms with Crippen LogP contribution < -0.4 is 0 Å². The fourth-order valence-electron chi connectivity index (χ4n) is 7.14. The fourth-order valence-corrected chi connectivity index (χ4v) is 7.14. The van der Waals surface area contributed by atoms with Crippen LogP contribution in [0.25, 0.3) is 0 Å². The van der Waals surface area contributed by atoms with E-state index in [4.69, 9.17) is 0 Å². The molecule has 4 N–H and O–H groups in total. The first kappa shape index (κ1) is 16.8. The third-order valence-electron chi connectivity index (χ3n) is 8.71. The molecule has 4 saturated carbocycles. The molecule has 0 radical (unpaired) electrons. The first-order valence-electron chi connectivity index (χ1n) is 9.56. The van der Waals surface area contributed by atoms with Gasteiger partial charge in [0, 0.05) is 11.8 Å². The molecule has 0 saturated heterocycles. The van der Waals surface area contributed by atoms with E-state index in [-0.39, 0.29) is 23.4 Å². The number of oxime groups is 1. The van der Waals surface area contributed by atoms with Crippen LogP contribution in [0.2, 0.25) is 0 Å². The Morgan fingerprint density at radius 2 is 1.75 bits per heavy atom. The van der Waals surface area contributed by atoms with Gasteiger partial charge in [-0.15, -0.1) is 0 Å². The van der Waals surface area contributed by atoms with E-state index in [0.29, 0.717) is 36.3 Å². The van der Waals surface area contributed by atoms with Gasteiger partial charge in [0.05, 0.1) is 17.9 Å². The molecule has 0 aromatic rings. The summed E-state index contributed by atoms with van der Waals surface area (Å²) in [5, 5.41) is 45.3. The summed E-state index contributed by atoms with van der Waals surface area (Å²) in [5.74, 6) is 1.15. The molecular formula is C19H31NO4. The van der Waals surface area contributed by atoms with Gasteiger partial charge in [0.15, 0.2) is 0 Å². The Balaban J connectivity index is 1.76. The number of aliphatic hydroxyl groups is 3. The second kappa shape index (κ2) is 5.18. The molecule has 0 aromatic carbocycles. The van der Waals surface area contributed by atoms with Gasteiger partial charge in [-0.25, -0.2) is 0 Å². The summed E-state index contributed by atoms with van der Waals surface area (Å²) >= 11 is 0. The average Bonchev–Trinajstić information content (AvgIpc) is 2.84. The summed E-state index contributed by atoms with van der Waals surface area (Å²) in [6.45, 7) is 4.35. The SMILES string of the molecule is C[C@]12CC[C@H]3[C@@H](C/C(=N\O)[C@@]4(O)C[C@@H](O)CC[C@]34C)[C@@H]1CC[C@@H]2O. The molecule has 0 aromatic heterocycles. The molecule has 4 aliphatic carbocycles. The number of nitrogens with zero attached hydrogens (tertiary/aromatic N) is 1. The van der Waals surface area contributed by atoms with Crippen LogP contribution in [0.15, 0.2) is 5.16 Å². The van der Waals surface area contributed by atoms with Crippen molar-refractivity contribution in [3.05, 3.63) is 0 Å². The molecular weight excluding hydrogens is 306 g/mol. The lowest BCUT2D eigenvalue weighted by Gasteiger charge is -2.63. The smallest absolute Gasteiger partial charge is 0.114 e. The molecule has 4 fully saturated rings. The Bertz CT molecular complexity index is 566.